The van der Waals surface area contributed by atoms with E-state index < -0.39 is 32.4 Å². The molecule has 0 unspecified atom stereocenters. The molecule has 150 valence electrons. The van der Waals surface area contributed by atoms with E-state index in [0.29, 0.717) is 0 Å². The van der Waals surface area contributed by atoms with Gasteiger partial charge in [0.1, 0.15) is 0 Å². The first kappa shape index (κ1) is 23.5. The summed E-state index contributed by atoms with van der Waals surface area (Å²) in [7, 11) is -3.00. The van der Waals surface area contributed by atoms with Gasteiger partial charge in [0.2, 0.25) is 0 Å². The number of carbonyl (C=O) groups excluding carboxylic acids is 1. The number of carbonyl (C=O) groups is 1. The molecule has 0 bridgehead atoms. The van der Waals surface area contributed by atoms with Gasteiger partial charge in [-0.3, -0.25) is 14.9 Å². The van der Waals surface area contributed by atoms with Crippen molar-refractivity contribution in [2.45, 2.75) is 11.8 Å². The van der Waals surface area contributed by atoms with Crippen LogP contribution in [0.4, 0.5) is 11.4 Å². The van der Waals surface area contributed by atoms with E-state index in [-0.39, 0.29) is 49.9 Å². The fourth-order valence-corrected chi connectivity index (χ4v) is 3.55. The van der Waals surface area contributed by atoms with Crippen molar-refractivity contribution in [1.29, 1.82) is 0 Å². The standard InChI is InChI=1S/C17H15N5O6S.Na/c1-11-3-9-14(10-4-11)29(27,28)21-17(24)15(18-19-21)16(23)20(2)12-5-7-13(8-6-12)22(25)26;/h3-10,24H,1-2H3;/q;+1/p-1. The zero-order chi connectivity index (χ0) is 21.3. The minimum atomic E-state index is -4.32. The molecule has 0 saturated heterocycles. The van der Waals surface area contributed by atoms with E-state index in [1.54, 1.807) is 19.1 Å². The summed E-state index contributed by atoms with van der Waals surface area (Å²) in [6.45, 7) is 1.77. The molecule has 1 aromatic heterocycles. The first-order chi connectivity index (χ1) is 13.6. The van der Waals surface area contributed by atoms with Crippen LogP contribution in [0.15, 0.2) is 53.4 Å². The molecule has 0 aliphatic carbocycles. The third kappa shape index (κ3) is 4.36. The number of nitro benzene ring substituents is 1. The van der Waals surface area contributed by atoms with Gasteiger partial charge in [0.15, 0.2) is 5.69 Å². The first-order valence-electron chi connectivity index (χ1n) is 8.10. The maximum Gasteiger partial charge on any atom is 1.00 e. The molecule has 0 aliphatic rings. The van der Waals surface area contributed by atoms with Crippen LogP contribution in [0.25, 0.3) is 0 Å². The third-order valence-electron chi connectivity index (χ3n) is 4.10. The van der Waals surface area contributed by atoms with Gasteiger partial charge < -0.3 is 10.0 Å². The Kier molecular flexibility index (Phi) is 6.98. The normalized spacial score (nSPS) is 10.9. The van der Waals surface area contributed by atoms with Gasteiger partial charge in [-0.2, -0.15) is 8.42 Å². The molecule has 0 saturated carbocycles. The van der Waals surface area contributed by atoms with E-state index in [4.69, 9.17) is 0 Å². The van der Waals surface area contributed by atoms with Crippen LogP contribution in [0.5, 0.6) is 5.88 Å². The van der Waals surface area contributed by atoms with Crippen LogP contribution in [0.2, 0.25) is 0 Å². The second kappa shape index (κ2) is 8.92. The number of nitrogens with zero attached hydrogens (tertiary/aromatic N) is 5. The van der Waals surface area contributed by atoms with E-state index in [2.05, 4.69) is 10.3 Å². The summed E-state index contributed by atoms with van der Waals surface area (Å²) in [5.41, 5.74) is 0.206. The van der Waals surface area contributed by atoms with Gasteiger partial charge in [-0.1, -0.05) is 22.9 Å². The zero-order valence-electron chi connectivity index (χ0n) is 16.2. The molecule has 1 heterocycles. The number of aryl methyl sites for hydroxylation is 1. The van der Waals surface area contributed by atoms with E-state index in [0.717, 1.165) is 10.5 Å². The second-order valence-corrected chi connectivity index (χ2v) is 7.81. The molecule has 0 aliphatic heterocycles. The number of non-ortho nitro benzene ring substituents is 1. The van der Waals surface area contributed by atoms with Crippen LogP contribution < -0.4 is 39.6 Å². The summed E-state index contributed by atoms with van der Waals surface area (Å²) < 4.78 is 25.4. The van der Waals surface area contributed by atoms with E-state index >= 15 is 0 Å². The van der Waals surface area contributed by atoms with Crippen LogP contribution in [0.1, 0.15) is 16.1 Å². The summed E-state index contributed by atoms with van der Waals surface area (Å²) in [6, 6.07) is 10.8. The Balaban J connectivity index is 0.00000320. The van der Waals surface area contributed by atoms with Gasteiger partial charge >= 0.3 is 29.6 Å². The summed E-state index contributed by atoms with van der Waals surface area (Å²) in [5.74, 6) is -2.10. The van der Waals surface area contributed by atoms with Crippen molar-refractivity contribution in [2.75, 3.05) is 11.9 Å². The van der Waals surface area contributed by atoms with Crippen LogP contribution in [-0.2, 0) is 10.0 Å². The Hall–Kier alpha value is -2.80. The van der Waals surface area contributed by atoms with Gasteiger partial charge in [-0.25, -0.2) is 0 Å². The largest absolute Gasteiger partial charge is 1.00 e. The maximum atomic E-state index is 12.6. The number of rotatable bonds is 5. The van der Waals surface area contributed by atoms with Crippen molar-refractivity contribution in [3.05, 3.63) is 69.9 Å². The van der Waals surface area contributed by atoms with Crippen molar-refractivity contribution in [2.24, 2.45) is 0 Å². The minimum absolute atomic E-state index is 0. The molecule has 3 rings (SSSR count). The summed E-state index contributed by atoms with van der Waals surface area (Å²) >= 11 is 0. The number of amides is 1. The predicted octanol–water partition coefficient (Wildman–Crippen LogP) is -1.91. The van der Waals surface area contributed by atoms with E-state index in [1.807, 2.05) is 0 Å². The number of anilines is 1. The Morgan fingerprint density at radius 3 is 2.20 bits per heavy atom. The van der Waals surface area contributed by atoms with Crippen molar-refractivity contribution < 1.29 is 52.8 Å². The smallest absolute Gasteiger partial charge is 0.856 e. The molecular weight excluding hydrogens is 425 g/mol. The maximum absolute atomic E-state index is 12.6. The van der Waals surface area contributed by atoms with Crippen molar-refractivity contribution in [3.8, 4) is 5.88 Å². The van der Waals surface area contributed by atoms with Gasteiger partial charge in [0.05, 0.1) is 9.82 Å². The fourth-order valence-electron chi connectivity index (χ4n) is 2.43. The Morgan fingerprint density at radius 2 is 1.67 bits per heavy atom. The van der Waals surface area contributed by atoms with E-state index in [9.17, 15) is 28.4 Å². The molecule has 0 N–H and O–H groups in total. The molecule has 0 fully saturated rings. The van der Waals surface area contributed by atoms with Crippen LogP contribution >= 0.6 is 0 Å². The molecular formula is C17H14N5NaO6S. The number of hydrogen-bond acceptors (Lipinski definition) is 8. The molecule has 3 aromatic rings. The second-order valence-electron chi connectivity index (χ2n) is 6.04. The summed E-state index contributed by atoms with van der Waals surface area (Å²) in [4.78, 5) is 23.6. The first-order valence-corrected chi connectivity index (χ1v) is 9.54. The number of benzene rings is 2. The van der Waals surface area contributed by atoms with Crippen LogP contribution in [0.3, 0.4) is 0 Å². The van der Waals surface area contributed by atoms with Crippen molar-refractivity contribution in [3.63, 3.8) is 0 Å². The predicted molar refractivity (Wildman–Crippen MR) is 99.1 cm³/mol. The van der Waals surface area contributed by atoms with E-state index in [1.165, 1.54) is 43.4 Å². The SMILES string of the molecule is Cc1ccc(S(=O)(=O)n2nnc(C(=O)N(C)c3ccc([N+](=O)[O-])cc3)c2[O-])cc1.[Na+]. The van der Waals surface area contributed by atoms with Crippen LogP contribution in [-0.4, -0.2) is 40.7 Å². The summed E-state index contributed by atoms with van der Waals surface area (Å²) in [5, 5.41) is 30.0. The number of aromatic nitrogens is 3. The topological polar surface area (TPSA) is 151 Å². The number of nitro groups is 1. The third-order valence-corrected chi connectivity index (χ3v) is 5.67. The molecule has 13 heteroatoms. The quantitative estimate of drug-likeness (QED) is 0.254. The summed E-state index contributed by atoms with van der Waals surface area (Å²) in [6.07, 6.45) is 0. The minimum Gasteiger partial charge on any atom is -0.856 e. The molecule has 30 heavy (non-hydrogen) atoms. The van der Waals surface area contributed by atoms with Crippen LogP contribution in [0, 0.1) is 17.0 Å². The monoisotopic (exact) mass is 439 g/mol. The average Bonchev–Trinajstić information content (AvgIpc) is 3.09. The molecule has 2 aromatic carbocycles. The average molecular weight is 439 g/mol. The molecule has 0 atom stereocenters. The fraction of sp³-hybridized carbons (Fsp3) is 0.118. The molecule has 0 spiro atoms. The van der Waals surface area contributed by atoms with Gasteiger partial charge in [0, 0.05) is 30.7 Å². The van der Waals surface area contributed by atoms with Gasteiger partial charge in [-0.15, -0.1) is 9.19 Å². The molecule has 0 radical (unpaired) electrons. The Morgan fingerprint density at radius 1 is 1.10 bits per heavy atom. The van der Waals surface area contributed by atoms with Gasteiger partial charge in [0.25, 0.3) is 21.6 Å². The number of hydrogen-bond donors (Lipinski definition) is 0. The molecule has 11 nitrogen and oxygen atoms in total. The zero-order valence-corrected chi connectivity index (χ0v) is 19.0. The van der Waals surface area contributed by atoms with Crippen molar-refractivity contribution >= 4 is 27.3 Å². The Bertz CT molecular complexity index is 1190. The Labute approximate surface area is 193 Å². The van der Waals surface area contributed by atoms with Gasteiger partial charge in [-0.05, 0) is 31.2 Å². The van der Waals surface area contributed by atoms with Crippen molar-refractivity contribution in [1.82, 2.24) is 14.4 Å². The molecule has 1 amide bonds.